The molecule has 4 heteroatoms. The van der Waals surface area contributed by atoms with E-state index in [1.165, 1.54) is 0 Å². The first-order chi connectivity index (χ1) is 6.81. The Kier molecular flexibility index (Phi) is 2.18. The van der Waals surface area contributed by atoms with Crippen molar-refractivity contribution in [3.63, 3.8) is 0 Å². The molecule has 0 unspecified atom stereocenters. The summed E-state index contributed by atoms with van der Waals surface area (Å²) in [5.74, 6) is 1.28. The second-order valence-electron chi connectivity index (χ2n) is 3.01. The first-order valence-corrected chi connectivity index (χ1v) is 4.57. The van der Waals surface area contributed by atoms with Gasteiger partial charge in [0.25, 0.3) is 0 Å². The van der Waals surface area contributed by atoms with E-state index in [2.05, 4.69) is 17.0 Å². The first kappa shape index (κ1) is 8.74. The van der Waals surface area contributed by atoms with E-state index in [1.54, 1.807) is 16.9 Å². The first-order valence-electron chi connectivity index (χ1n) is 4.57. The van der Waals surface area contributed by atoms with E-state index in [0.717, 1.165) is 17.9 Å². The molecule has 0 aliphatic heterocycles. The largest absolute Gasteiger partial charge is 0.384 e. The Balaban J connectivity index is 2.49. The Morgan fingerprint density at radius 3 is 2.93 bits per heavy atom. The maximum absolute atomic E-state index is 5.60. The van der Waals surface area contributed by atoms with Crippen LogP contribution in [0.1, 0.15) is 12.6 Å². The lowest BCUT2D eigenvalue weighted by molar-refractivity contribution is 0.791. The lowest BCUT2D eigenvalue weighted by Gasteiger charge is -2.04. The molecule has 0 aliphatic carbocycles. The molecule has 0 amide bonds. The average Bonchev–Trinajstić information content (AvgIpc) is 2.65. The zero-order valence-electron chi connectivity index (χ0n) is 8.01. The second kappa shape index (κ2) is 3.49. The third-order valence-corrected chi connectivity index (χ3v) is 2.06. The van der Waals surface area contributed by atoms with E-state index < -0.39 is 0 Å². The fourth-order valence-electron chi connectivity index (χ4n) is 1.36. The quantitative estimate of drug-likeness (QED) is 0.775. The zero-order valence-corrected chi connectivity index (χ0v) is 8.01. The van der Waals surface area contributed by atoms with Gasteiger partial charge in [0.2, 0.25) is 0 Å². The van der Waals surface area contributed by atoms with Gasteiger partial charge in [-0.25, -0.2) is 9.67 Å². The molecule has 2 aromatic heterocycles. The number of nitrogens with zero attached hydrogens (tertiary/aromatic N) is 3. The van der Waals surface area contributed by atoms with Crippen LogP contribution >= 0.6 is 0 Å². The maximum Gasteiger partial charge on any atom is 0.156 e. The van der Waals surface area contributed by atoms with Crippen LogP contribution in [0.15, 0.2) is 30.5 Å². The minimum absolute atomic E-state index is 0.514. The van der Waals surface area contributed by atoms with Crippen LogP contribution < -0.4 is 5.73 Å². The average molecular weight is 188 g/mol. The number of hydrogen-bond donors (Lipinski definition) is 1. The maximum atomic E-state index is 5.60. The Morgan fingerprint density at radius 2 is 2.21 bits per heavy atom. The topological polar surface area (TPSA) is 56.7 Å². The SMILES string of the molecule is CCc1ccnn1-c1cccc(N)n1. The van der Waals surface area contributed by atoms with Gasteiger partial charge in [0.1, 0.15) is 5.82 Å². The Hall–Kier alpha value is -1.84. The van der Waals surface area contributed by atoms with Crippen molar-refractivity contribution < 1.29 is 0 Å². The minimum atomic E-state index is 0.514. The molecule has 0 saturated carbocycles. The molecule has 2 N–H and O–H groups in total. The van der Waals surface area contributed by atoms with Crippen LogP contribution in [-0.4, -0.2) is 14.8 Å². The molecule has 0 bridgehead atoms. The van der Waals surface area contributed by atoms with Crippen LogP contribution in [0, 0.1) is 0 Å². The number of anilines is 1. The van der Waals surface area contributed by atoms with Crippen LogP contribution in [0.25, 0.3) is 5.82 Å². The smallest absolute Gasteiger partial charge is 0.156 e. The molecule has 4 nitrogen and oxygen atoms in total. The van der Waals surface area contributed by atoms with Gasteiger partial charge in [0, 0.05) is 11.9 Å². The van der Waals surface area contributed by atoms with Crippen LogP contribution in [0.5, 0.6) is 0 Å². The van der Waals surface area contributed by atoms with Crippen molar-refractivity contribution in [2.45, 2.75) is 13.3 Å². The summed E-state index contributed by atoms with van der Waals surface area (Å²) in [6.07, 6.45) is 2.69. The number of nitrogens with two attached hydrogens (primary N) is 1. The van der Waals surface area contributed by atoms with Gasteiger partial charge in [-0.1, -0.05) is 13.0 Å². The van der Waals surface area contributed by atoms with Crippen LogP contribution in [0.2, 0.25) is 0 Å². The van der Waals surface area contributed by atoms with E-state index in [0.29, 0.717) is 5.82 Å². The van der Waals surface area contributed by atoms with Gasteiger partial charge < -0.3 is 5.73 Å². The molecular weight excluding hydrogens is 176 g/mol. The second-order valence-corrected chi connectivity index (χ2v) is 3.01. The minimum Gasteiger partial charge on any atom is -0.384 e. The number of hydrogen-bond acceptors (Lipinski definition) is 3. The van der Waals surface area contributed by atoms with Crippen molar-refractivity contribution >= 4 is 5.82 Å². The van der Waals surface area contributed by atoms with E-state index in [9.17, 15) is 0 Å². The molecule has 2 rings (SSSR count). The predicted octanol–water partition coefficient (Wildman–Crippen LogP) is 1.41. The van der Waals surface area contributed by atoms with E-state index >= 15 is 0 Å². The Bertz CT molecular complexity index is 433. The van der Waals surface area contributed by atoms with Gasteiger partial charge in [-0.2, -0.15) is 5.10 Å². The van der Waals surface area contributed by atoms with Crippen molar-refractivity contribution in [1.29, 1.82) is 0 Å². The molecule has 0 aliphatic rings. The highest BCUT2D eigenvalue weighted by molar-refractivity contribution is 5.35. The highest BCUT2D eigenvalue weighted by Crippen LogP contribution is 2.09. The molecular formula is C10H12N4. The summed E-state index contributed by atoms with van der Waals surface area (Å²) >= 11 is 0. The summed E-state index contributed by atoms with van der Waals surface area (Å²) in [5.41, 5.74) is 6.73. The lowest BCUT2D eigenvalue weighted by Crippen LogP contribution is -2.04. The summed E-state index contributed by atoms with van der Waals surface area (Å²) < 4.78 is 1.80. The van der Waals surface area contributed by atoms with Gasteiger partial charge in [-0.05, 0) is 24.6 Å². The molecule has 0 atom stereocenters. The molecule has 0 radical (unpaired) electrons. The van der Waals surface area contributed by atoms with E-state index in [4.69, 9.17) is 5.73 Å². The zero-order chi connectivity index (χ0) is 9.97. The van der Waals surface area contributed by atoms with Crippen molar-refractivity contribution in [2.75, 3.05) is 5.73 Å². The molecule has 14 heavy (non-hydrogen) atoms. The molecule has 0 spiro atoms. The number of rotatable bonds is 2. The predicted molar refractivity (Wildman–Crippen MR) is 55.1 cm³/mol. The van der Waals surface area contributed by atoms with Gasteiger partial charge in [0.15, 0.2) is 5.82 Å². The summed E-state index contributed by atoms with van der Waals surface area (Å²) in [5, 5.41) is 4.20. The number of nitrogen functional groups attached to an aromatic ring is 1. The van der Waals surface area contributed by atoms with E-state index in [-0.39, 0.29) is 0 Å². The molecule has 0 saturated heterocycles. The summed E-state index contributed by atoms with van der Waals surface area (Å²) in [4.78, 5) is 4.20. The normalized spacial score (nSPS) is 10.4. The van der Waals surface area contributed by atoms with Gasteiger partial charge in [-0.3, -0.25) is 0 Å². The molecule has 72 valence electrons. The summed E-state index contributed by atoms with van der Waals surface area (Å²) in [6.45, 7) is 2.08. The third kappa shape index (κ3) is 1.46. The van der Waals surface area contributed by atoms with Crippen molar-refractivity contribution in [3.05, 3.63) is 36.2 Å². The highest BCUT2D eigenvalue weighted by atomic mass is 15.3. The molecule has 0 aromatic carbocycles. The number of aromatic nitrogens is 3. The summed E-state index contributed by atoms with van der Waals surface area (Å²) in [7, 11) is 0. The van der Waals surface area contributed by atoms with Crippen LogP contribution in [0.4, 0.5) is 5.82 Å². The monoisotopic (exact) mass is 188 g/mol. The fraction of sp³-hybridized carbons (Fsp3) is 0.200. The molecule has 2 heterocycles. The summed E-state index contributed by atoms with van der Waals surface area (Å²) in [6, 6.07) is 7.50. The van der Waals surface area contributed by atoms with E-state index in [1.807, 2.05) is 18.2 Å². The van der Waals surface area contributed by atoms with Crippen molar-refractivity contribution in [1.82, 2.24) is 14.8 Å². The van der Waals surface area contributed by atoms with Crippen LogP contribution in [0.3, 0.4) is 0 Å². The number of pyridine rings is 1. The fourth-order valence-corrected chi connectivity index (χ4v) is 1.36. The van der Waals surface area contributed by atoms with Crippen molar-refractivity contribution in [3.8, 4) is 5.82 Å². The van der Waals surface area contributed by atoms with Gasteiger partial charge >= 0.3 is 0 Å². The number of aryl methyl sites for hydroxylation is 1. The van der Waals surface area contributed by atoms with Gasteiger partial charge in [-0.15, -0.1) is 0 Å². The highest BCUT2D eigenvalue weighted by Gasteiger charge is 2.03. The van der Waals surface area contributed by atoms with Crippen molar-refractivity contribution in [2.24, 2.45) is 0 Å². The van der Waals surface area contributed by atoms with Gasteiger partial charge in [0.05, 0.1) is 0 Å². The standard InChI is InChI=1S/C10H12N4/c1-2-8-6-7-12-14(8)10-5-3-4-9(11)13-10/h3-7H,2H2,1H3,(H2,11,13). The third-order valence-electron chi connectivity index (χ3n) is 2.06. The molecule has 2 aromatic rings. The van der Waals surface area contributed by atoms with Crippen LogP contribution in [-0.2, 0) is 6.42 Å². The lowest BCUT2D eigenvalue weighted by atomic mass is 10.3. The Labute approximate surface area is 82.4 Å². The molecule has 0 fully saturated rings. The Morgan fingerprint density at radius 1 is 1.36 bits per heavy atom.